The van der Waals surface area contributed by atoms with E-state index in [0.29, 0.717) is 6.54 Å². The normalized spacial score (nSPS) is 11.1. The third kappa shape index (κ3) is 5.71. The number of ether oxygens (including phenoxy) is 1. The van der Waals surface area contributed by atoms with Gasteiger partial charge in [-0.05, 0) is 30.2 Å². The summed E-state index contributed by atoms with van der Waals surface area (Å²) in [6.07, 6.45) is 0.947. The minimum absolute atomic E-state index is 0.668. The van der Waals surface area contributed by atoms with E-state index in [4.69, 9.17) is 4.74 Å². The van der Waals surface area contributed by atoms with Gasteiger partial charge in [-0.3, -0.25) is 4.99 Å². The zero-order valence-electron chi connectivity index (χ0n) is 15.5. The predicted octanol–water partition coefficient (Wildman–Crippen LogP) is 2.67. The van der Waals surface area contributed by atoms with Crippen molar-refractivity contribution in [3.8, 4) is 5.75 Å². The molecular weight excluding hydrogens is 312 g/mol. The van der Waals surface area contributed by atoms with Gasteiger partial charge in [0.15, 0.2) is 5.96 Å². The molecule has 0 radical (unpaired) electrons. The summed E-state index contributed by atoms with van der Waals surface area (Å²) in [5.74, 6) is 1.67. The molecule has 0 aromatic heterocycles. The third-order valence-corrected chi connectivity index (χ3v) is 4.02. The molecule has 134 valence electrons. The van der Waals surface area contributed by atoms with Crippen LogP contribution in [0.15, 0.2) is 53.5 Å². The predicted molar refractivity (Wildman–Crippen MR) is 106 cm³/mol. The number of guanidine groups is 1. The van der Waals surface area contributed by atoms with Gasteiger partial charge in [-0.1, -0.05) is 30.3 Å². The molecule has 0 fully saturated rings. The highest BCUT2D eigenvalue weighted by Crippen LogP contribution is 2.16. The van der Waals surface area contributed by atoms with Gasteiger partial charge >= 0.3 is 0 Å². The SMILES string of the molecule is CN=C(NCCc1ccc(N(C)C)cc1)NCc1ccccc1OC. The summed E-state index contributed by atoms with van der Waals surface area (Å²) < 4.78 is 5.37. The van der Waals surface area contributed by atoms with E-state index in [0.717, 1.165) is 30.2 Å². The lowest BCUT2D eigenvalue weighted by Crippen LogP contribution is -2.37. The molecule has 2 aromatic rings. The topological polar surface area (TPSA) is 48.9 Å². The average Bonchev–Trinajstić information content (AvgIpc) is 2.65. The first-order chi connectivity index (χ1) is 12.1. The van der Waals surface area contributed by atoms with Gasteiger partial charge in [0, 0.05) is 45.5 Å². The van der Waals surface area contributed by atoms with E-state index < -0.39 is 0 Å². The molecule has 0 saturated carbocycles. The summed E-state index contributed by atoms with van der Waals surface area (Å²) in [6.45, 7) is 1.49. The second-order valence-electron chi connectivity index (χ2n) is 5.98. The lowest BCUT2D eigenvalue weighted by Gasteiger charge is -2.14. The Bertz CT molecular complexity index is 680. The average molecular weight is 340 g/mol. The Morgan fingerprint density at radius 2 is 1.76 bits per heavy atom. The lowest BCUT2D eigenvalue weighted by molar-refractivity contribution is 0.409. The second kappa shape index (κ2) is 9.57. The highest BCUT2D eigenvalue weighted by Gasteiger charge is 2.03. The molecule has 0 amide bonds. The zero-order valence-corrected chi connectivity index (χ0v) is 15.5. The number of benzene rings is 2. The molecule has 0 bridgehead atoms. The van der Waals surface area contributed by atoms with Crippen LogP contribution in [0.1, 0.15) is 11.1 Å². The lowest BCUT2D eigenvalue weighted by atomic mass is 10.1. The van der Waals surface area contributed by atoms with E-state index in [1.54, 1.807) is 14.2 Å². The Morgan fingerprint density at radius 1 is 1.04 bits per heavy atom. The molecule has 0 aliphatic carbocycles. The number of aliphatic imine (C=N–C) groups is 1. The van der Waals surface area contributed by atoms with Gasteiger partial charge < -0.3 is 20.3 Å². The molecule has 2 rings (SSSR count). The van der Waals surface area contributed by atoms with Crippen molar-refractivity contribution >= 4 is 11.6 Å². The molecule has 2 N–H and O–H groups in total. The van der Waals surface area contributed by atoms with Crippen molar-refractivity contribution in [2.75, 3.05) is 39.7 Å². The Kier molecular flexibility index (Phi) is 7.14. The maximum atomic E-state index is 5.37. The number of anilines is 1. The van der Waals surface area contributed by atoms with E-state index in [1.165, 1.54) is 11.3 Å². The largest absolute Gasteiger partial charge is 0.496 e. The Hall–Kier alpha value is -2.69. The zero-order chi connectivity index (χ0) is 18.1. The first kappa shape index (κ1) is 18.6. The monoisotopic (exact) mass is 340 g/mol. The van der Waals surface area contributed by atoms with Gasteiger partial charge in [0.1, 0.15) is 5.75 Å². The highest BCUT2D eigenvalue weighted by atomic mass is 16.5. The molecule has 5 heteroatoms. The molecule has 25 heavy (non-hydrogen) atoms. The molecule has 0 aliphatic heterocycles. The minimum Gasteiger partial charge on any atom is -0.496 e. The maximum absolute atomic E-state index is 5.37. The van der Waals surface area contributed by atoms with E-state index >= 15 is 0 Å². The van der Waals surface area contributed by atoms with Gasteiger partial charge in [-0.15, -0.1) is 0 Å². The van der Waals surface area contributed by atoms with E-state index in [9.17, 15) is 0 Å². The summed E-state index contributed by atoms with van der Waals surface area (Å²) in [6, 6.07) is 16.6. The van der Waals surface area contributed by atoms with Crippen LogP contribution in [0.25, 0.3) is 0 Å². The smallest absolute Gasteiger partial charge is 0.191 e. The van der Waals surface area contributed by atoms with Gasteiger partial charge in [-0.2, -0.15) is 0 Å². The molecule has 0 atom stereocenters. The van der Waals surface area contributed by atoms with Crippen molar-refractivity contribution in [2.24, 2.45) is 4.99 Å². The quantitative estimate of drug-likeness (QED) is 0.601. The summed E-state index contributed by atoms with van der Waals surface area (Å²) in [4.78, 5) is 6.38. The number of para-hydroxylation sites is 1. The van der Waals surface area contributed by atoms with Gasteiger partial charge in [0.2, 0.25) is 0 Å². The number of nitrogens with one attached hydrogen (secondary N) is 2. The first-order valence-electron chi connectivity index (χ1n) is 8.46. The summed E-state index contributed by atoms with van der Waals surface area (Å²) >= 11 is 0. The van der Waals surface area contributed by atoms with Crippen molar-refractivity contribution < 1.29 is 4.74 Å². The van der Waals surface area contributed by atoms with Crippen LogP contribution in [0, 0.1) is 0 Å². The number of rotatable bonds is 7. The van der Waals surface area contributed by atoms with Crippen LogP contribution in [-0.2, 0) is 13.0 Å². The highest BCUT2D eigenvalue weighted by molar-refractivity contribution is 5.79. The van der Waals surface area contributed by atoms with Crippen molar-refractivity contribution in [3.63, 3.8) is 0 Å². The molecule has 0 spiro atoms. The number of nitrogens with zero attached hydrogens (tertiary/aromatic N) is 2. The van der Waals surface area contributed by atoms with Crippen LogP contribution in [0.4, 0.5) is 5.69 Å². The van der Waals surface area contributed by atoms with Crippen molar-refractivity contribution in [2.45, 2.75) is 13.0 Å². The van der Waals surface area contributed by atoms with Crippen LogP contribution in [0.5, 0.6) is 5.75 Å². The molecule has 2 aromatic carbocycles. The number of hydrogen-bond acceptors (Lipinski definition) is 3. The molecule has 0 aliphatic rings. The third-order valence-electron chi connectivity index (χ3n) is 4.02. The molecule has 0 heterocycles. The molecular formula is C20H28N4O. The van der Waals surface area contributed by atoms with Crippen LogP contribution in [0.2, 0.25) is 0 Å². The van der Waals surface area contributed by atoms with Gasteiger partial charge in [0.25, 0.3) is 0 Å². The second-order valence-corrected chi connectivity index (χ2v) is 5.98. The molecule has 5 nitrogen and oxygen atoms in total. The van der Waals surface area contributed by atoms with Crippen molar-refractivity contribution in [1.82, 2.24) is 10.6 Å². The number of methoxy groups -OCH3 is 1. The maximum Gasteiger partial charge on any atom is 0.191 e. The fourth-order valence-corrected chi connectivity index (χ4v) is 2.53. The molecule has 0 unspecified atom stereocenters. The summed E-state index contributed by atoms with van der Waals surface area (Å²) in [7, 11) is 7.57. The van der Waals surface area contributed by atoms with Gasteiger partial charge in [-0.25, -0.2) is 0 Å². The number of hydrogen-bond donors (Lipinski definition) is 2. The van der Waals surface area contributed by atoms with E-state index in [-0.39, 0.29) is 0 Å². The fourth-order valence-electron chi connectivity index (χ4n) is 2.53. The minimum atomic E-state index is 0.668. The standard InChI is InChI=1S/C20H28N4O/c1-21-20(23-15-17-7-5-6-8-19(17)25-4)22-14-13-16-9-11-18(12-10-16)24(2)3/h5-12H,13-15H2,1-4H3,(H2,21,22,23). The van der Waals surface area contributed by atoms with Crippen molar-refractivity contribution in [3.05, 3.63) is 59.7 Å². The first-order valence-corrected chi connectivity index (χ1v) is 8.46. The Labute approximate surface area is 150 Å². The summed E-state index contributed by atoms with van der Waals surface area (Å²) in [5.41, 5.74) is 3.62. The summed E-state index contributed by atoms with van der Waals surface area (Å²) in [5, 5.41) is 6.67. The van der Waals surface area contributed by atoms with E-state index in [2.05, 4.69) is 44.8 Å². The van der Waals surface area contributed by atoms with E-state index in [1.807, 2.05) is 38.4 Å². The van der Waals surface area contributed by atoms with Crippen molar-refractivity contribution in [1.29, 1.82) is 0 Å². The Balaban J connectivity index is 1.80. The van der Waals surface area contributed by atoms with Gasteiger partial charge in [0.05, 0.1) is 7.11 Å². The van der Waals surface area contributed by atoms with Crippen LogP contribution < -0.4 is 20.3 Å². The Morgan fingerprint density at radius 3 is 2.40 bits per heavy atom. The van der Waals surface area contributed by atoms with Crippen LogP contribution in [-0.4, -0.2) is 40.8 Å². The molecule has 0 saturated heterocycles. The van der Waals surface area contributed by atoms with Crippen LogP contribution in [0.3, 0.4) is 0 Å². The fraction of sp³-hybridized carbons (Fsp3) is 0.350. The van der Waals surface area contributed by atoms with Crippen LogP contribution >= 0.6 is 0 Å².